The molecule has 0 bridgehead atoms. The molecule has 0 rings (SSSR count). The monoisotopic (exact) mass is 764 g/mol. The number of aliphatic hydroxyl groups is 3. The molecule has 0 saturated carbocycles. The Morgan fingerprint density at radius 3 is 1.07 bits per heavy atom. The SMILES string of the molecule is CCCCCCCCCCCCCCCCC/C=C/C(O)C(CO)NC(=O)CC(O)CCCCCCCCCCCCCCCCCCCCCCCC. The highest BCUT2D eigenvalue weighted by Gasteiger charge is 2.20. The third kappa shape index (κ3) is 40.7. The lowest BCUT2D eigenvalue weighted by atomic mass is 10.0. The van der Waals surface area contributed by atoms with E-state index in [2.05, 4.69) is 19.2 Å². The Balaban J connectivity index is 3.58. The molecule has 0 aliphatic heterocycles. The average Bonchev–Trinajstić information content (AvgIpc) is 3.16. The average molecular weight is 764 g/mol. The molecule has 54 heavy (non-hydrogen) atoms. The molecule has 5 nitrogen and oxygen atoms in total. The van der Waals surface area contributed by atoms with Gasteiger partial charge in [0.15, 0.2) is 0 Å². The molecule has 1 amide bonds. The fourth-order valence-corrected chi connectivity index (χ4v) is 7.81. The number of unbranched alkanes of at least 4 members (excludes halogenated alkanes) is 36. The first-order valence-corrected chi connectivity index (χ1v) is 24.5. The van der Waals surface area contributed by atoms with Gasteiger partial charge >= 0.3 is 0 Å². The molecule has 0 radical (unpaired) electrons. The fraction of sp³-hybridized carbons (Fsp3) is 0.939. The van der Waals surface area contributed by atoms with Gasteiger partial charge in [0.1, 0.15) is 0 Å². The van der Waals surface area contributed by atoms with Crippen LogP contribution in [0.5, 0.6) is 0 Å². The van der Waals surface area contributed by atoms with E-state index in [1.54, 1.807) is 6.08 Å². The number of allylic oxidation sites excluding steroid dienone is 1. The molecular weight excluding hydrogens is 667 g/mol. The van der Waals surface area contributed by atoms with Crippen molar-refractivity contribution in [2.75, 3.05) is 6.61 Å². The zero-order valence-corrected chi connectivity index (χ0v) is 36.6. The molecule has 322 valence electrons. The standard InChI is InChI=1S/C49H97NO4/c1-3-5-7-9-11-13-15-17-19-21-22-23-24-25-27-28-30-32-34-36-38-40-42-46(52)44-49(54)50-47(45-51)48(53)43-41-39-37-35-33-31-29-26-20-18-16-14-12-10-8-6-4-2/h41,43,46-48,51-53H,3-40,42,44-45H2,1-2H3,(H,50,54)/b43-41+. The van der Waals surface area contributed by atoms with Crippen molar-refractivity contribution in [2.45, 2.75) is 289 Å². The lowest BCUT2D eigenvalue weighted by Crippen LogP contribution is -2.45. The second kappa shape index (κ2) is 44.8. The third-order valence-electron chi connectivity index (χ3n) is 11.6. The Kier molecular flexibility index (Phi) is 44.0. The topological polar surface area (TPSA) is 89.8 Å². The second-order valence-electron chi connectivity index (χ2n) is 17.1. The Morgan fingerprint density at radius 2 is 0.759 bits per heavy atom. The second-order valence-corrected chi connectivity index (χ2v) is 17.1. The highest BCUT2D eigenvalue weighted by atomic mass is 16.3. The molecular formula is C49H97NO4. The van der Waals surface area contributed by atoms with Crippen LogP contribution in [0, 0.1) is 0 Å². The summed E-state index contributed by atoms with van der Waals surface area (Å²) in [6.07, 6.45) is 53.7. The number of carbonyl (C=O) groups is 1. The molecule has 3 atom stereocenters. The fourth-order valence-electron chi connectivity index (χ4n) is 7.81. The van der Waals surface area contributed by atoms with E-state index in [4.69, 9.17) is 0 Å². The highest BCUT2D eigenvalue weighted by Crippen LogP contribution is 2.17. The van der Waals surface area contributed by atoms with Crippen molar-refractivity contribution in [2.24, 2.45) is 0 Å². The first-order valence-electron chi connectivity index (χ1n) is 24.5. The van der Waals surface area contributed by atoms with Crippen molar-refractivity contribution < 1.29 is 20.1 Å². The normalized spacial score (nSPS) is 13.5. The van der Waals surface area contributed by atoms with Crippen LogP contribution in [-0.4, -0.2) is 46.1 Å². The van der Waals surface area contributed by atoms with E-state index in [0.717, 1.165) is 25.7 Å². The Labute approximate surface area is 338 Å². The minimum Gasteiger partial charge on any atom is -0.394 e. The summed E-state index contributed by atoms with van der Waals surface area (Å²) in [6.45, 7) is 4.24. The number of carbonyl (C=O) groups excluding carboxylic acids is 1. The van der Waals surface area contributed by atoms with Crippen LogP contribution < -0.4 is 5.32 Å². The minimum absolute atomic E-state index is 0.0192. The lowest BCUT2D eigenvalue weighted by Gasteiger charge is -2.21. The van der Waals surface area contributed by atoms with Crippen molar-refractivity contribution in [3.63, 3.8) is 0 Å². The Hall–Kier alpha value is -0.910. The van der Waals surface area contributed by atoms with Crippen molar-refractivity contribution in [1.29, 1.82) is 0 Å². The summed E-state index contributed by atoms with van der Waals surface area (Å²) in [4.78, 5) is 12.5. The largest absolute Gasteiger partial charge is 0.394 e. The van der Waals surface area contributed by atoms with E-state index < -0.39 is 18.2 Å². The zero-order chi connectivity index (χ0) is 39.4. The van der Waals surface area contributed by atoms with Crippen molar-refractivity contribution in [3.8, 4) is 0 Å². The van der Waals surface area contributed by atoms with E-state index in [0.29, 0.717) is 6.42 Å². The molecule has 4 N–H and O–H groups in total. The quantitative estimate of drug-likeness (QED) is 0.0367. The molecule has 0 saturated heterocycles. The van der Waals surface area contributed by atoms with Gasteiger partial charge in [-0.25, -0.2) is 0 Å². The third-order valence-corrected chi connectivity index (χ3v) is 11.6. The van der Waals surface area contributed by atoms with Crippen molar-refractivity contribution >= 4 is 5.91 Å². The van der Waals surface area contributed by atoms with E-state index >= 15 is 0 Å². The van der Waals surface area contributed by atoms with Gasteiger partial charge in [-0.3, -0.25) is 4.79 Å². The van der Waals surface area contributed by atoms with Gasteiger partial charge in [-0.15, -0.1) is 0 Å². The van der Waals surface area contributed by atoms with E-state index in [1.165, 1.54) is 218 Å². The summed E-state index contributed by atoms with van der Waals surface area (Å²) >= 11 is 0. The minimum atomic E-state index is -0.924. The van der Waals surface area contributed by atoms with Crippen LogP contribution in [-0.2, 0) is 4.79 Å². The predicted octanol–water partition coefficient (Wildman–Crippen LogP) is 14.4. The van der Waals surface area contributed by atoms with E-state index in [-0.39, 0.29) is 18.9 Å². The van der Waals surface area contributed by atoms with E-state index in [1.807, 2.05) is 6.08 Å². The number of aliphatic hydroxyl groups excluding tert-OH is 3. The van der Waals surface area contributed by atoms with Crippen LogP contribution in [0.4, 0.5) is 0 Å². The summed E-state index contributed by atoms with van der Waals surface area (Å²) in [5.41, 5.74) is 0. The summed E-state index contributed by atoms with van der Waals surface area (Å²) in [6, 6.07) is -0.739. The Bertz CT molecular complexity index is 758. The molecule has 5 heteroatoms. The molecule has 0 aromatic carbocycles. The molecule has 0 aliphatic carbocycles. The van der Waals surface area contributed by atoms with E-state index in [9.17, 15) is 20.1 Å². The van der Waals surface area contributed by atoms with Crippen LogP contribution in [0.2, 0.25) is 0 Å². The van der Waals surface area contributed by atoms with Crippen molar-refractivity contribution in [1.82, 2.24) is 5.32 Å². The van der Waals surface area contributed by atoms with Crippen LogP contribution in [0.1, 0.15) is 271 Å². The maximum absolute atomic E-state index is 12.5. The maximum atomic E-state index is 12.5. The first-order chi connectivity index (χ1) is 26.5. The summed E-state index contributed by atoms with van der Waals surface area (Å²) in [5, 5.41) is 33.3. The maximum Gasteiger partial charge on any atom is 0.222 e. The number of hydrogen-bond donors (Lipinski definition) is 4. The molecule has 0 aliphatic rings. The number of amides is 1. The van der Waals surface area contributed by atoms with Gasteiger partial charge < -0.3 is 20.6 Å². The predicted molar refractivity (Wildman–Crippen MR) is 236 cm³/mol. The highest BCUT2D eigenvalue weighted by molar-refractivity contribution is 5.76. The number of nitrogens with one attached hydrogen (secondary N) is 1. The van der Waals surface area contributed by atoms with Gasteiger partial charge in [0.25, 0.3) is 0 Å². The van der Waals surface area contributed by atoms with Gasteiger partial charge in [-0.05, 0) is 19.3 Å². The molecule has 0 aromatic heterocycles. The Morgan fingerprint density at radius 1 is 0.463 bits per heavy atom. The lowest BCUT2D eigenvalue weighted by molar-refractivity contribution is -0.124. The summed E-state index contributed by atoms with van der Waals surface area (Å²) < 4.78 is 0. The van der Waals surface area contributed by atoms with Crippen LogP contribution in [0.15, 0.2) is 12.2 Å². The van der Waals surface area contributed by atoms with Crippen LogP contribution in [0.25, 0.3) is 0 Å². The van der Waals surface area contributed by atoms with Gasteiger partial charge in [-0.1, -0.05) is 257 Å². The van der Waals surface area contributed by atoms with Gasteiger partial charge in [0, 0.05) is 0 Å². The molecule has 3 unspecified atom stereocenters. The molecule has 0 aromatic rings. The number of rotatable bonds is 45. The smallest absolute Gasteiger partial charge is 0.222 e. The number of hydrogen-bond acceptors (Lipinski definition) is 4. The van der Waals surface area contributed by atoms with Gasteiger partial charge in [-0.2, -0.15) is 0 Å². The van der Waals surface area contributed by atoms with Crippen molar-refractivity contribution in [3.05, 3.63) is 12.2 Å². The molecule has 0 heterocycles. The van der Waals surface area contributed by atoms with Gasteiger partial charge in [0.2, 0.25) is 5.91 Å². The van der Waals surface area contributed by atoms with Crippen LogP contribution >= 0.6 is 0 Å². The van der Waals surface area contributed by atoms with Crippen LogP contribution in [0.3, 0.4) is 0 Å². The zero-order valence-electron chi connectivity index (χ0n) is 36.6. The molecule has 0 fully saturated rings. The first kappa shape index (κ1) is 53.1. The summed E-state index contributed by atoms with van der Waals surface area (Å²) in [5.74, 6) is -0.310. The van der Waals surface area contributed by atoms with Gasteiger partial charge in [0.05, 0.1) is 31.3 Å². The molecule has 0 spiro atoms. The summed E-state index contributed by atoms with van der Waals surface area (Å²) in [7, 11) is 0.